The molecular formula is C34H24N2O. The molecule has 0 amide bonds. The topological polar surface area (TPSA) is 23.0 Å². The lowest BCUT2D eigenvalue weighted by atomic mass is 10.1. The second-order valence-corrected chi connectivity index (χ2v) is 9.87. The average molecular weight is 477 g/mol. The van der Waals surface area contributed by atoms with Crippen molar-refractivity contribution in [3.8, 4) is 11.4 Å². The molecule has 37 heavy (non-hydrogen) atoms. The average Bonchev–Trinajstić information content (AvgIpc) is 3.56. The molecule has 3 aromatic heterocycles. The van der Waals surface area contributed by atoms with Gasteiger partial charge < -0.3 is 13.6 Å². The third kappa shape index (κ3) is 2.71. The van der Waals surface area contributed by atoms with Gasteiger partial charge in [0, 0.05) is 38.3 Å². The van der Waals surface area contributed by atoms with E-state index in [1.165, 1.54) is 49.7 Å². The smallest absolute Gasteiger partial charge is 0.159 e. The summed E-state index contributed by atoms with van der Waals surface area (Å²) in [5.74, 6) is 0. The van der Waals surface area contributed by atoms with E-state index in [9.17, 15) is 0 Å². The van der Waals surface area contributed by atoms with Gasteiger partial charge in [0.15, 0.2) is 5.58 Å². The quantitative estimate of drug-likeness (QED) is 0.244. The Labute approximate surface area is 213 Å². The number of furan rings is 1. The molecule has 3 heterocycles. The van der Waals surface area contributed by atoms with Crippen LogP contribution in [0, 0.1) is 13.8 Å². The predicted octanol–water partition coefficient (Wildman–Crippen LogP) is 9.24. The van der Waals surface area contributed by atoms with Crippen LogP contribution in [0.5, 0.6) is 0 Å². The van der Waals surface area contributed by atoms with Crippen molar-refractivity contribution >= 4 is 54.6 Å². The van der Waals surface area contributed by atoms with Crippen LogP contribution < -0.4 is 0 Å². The van der Waals surface area contributed by atoms with Crippen molar-refractivity contribution in [2.45, 2.75) is 13.8 Å². The van der Waals surface area contributed by atoms with E-state index in [1.807, 2.05) is 12.1 Å². The zero-order chi connectivity index (χ0) is 24.7. The highest BCUT2D eigenvalue weighted by Crippen LogP contribution is 2.40. The number of rotatable bonds is 2. The molecule has 0 saturated heterocycles. The molecule has 3 nitrogen and oxygen atoms in total. The van der Waals surface area contributed by atoms with Gasteiger partial charge in [-0.15, -0.1) is 0 Å². The molecular weight excluding hydrogens is 452 g/mol. The molecule has 176 valence electrons. The van der Waals surface area contributed by atoms with Gasteiger partial charge in [-0.25, -0.2) is 0 Å². The van der Waals surface area contributed by atoms with E-state index in [0.717, 1.165) is 27.6 Å². The molecule has 3 heteroatoms. The molecule has 0 atom stereocenters. The van der Waals surface area contributed by atoms with Crippen molar-refractivity contribution in [2.24, 2.45) is 0 Å². The van der Waals surface area contributed by atoms with Crippen LogP contribution in [0.4, 0.5) is 0 Å². The highest BCUT2D eigenvalue weighted by atomic mass is 16.3. The molecule has 0 aliphatic heterocycles. The number of fused-ring (bicyclic) bond motifs is 7. The first-order valence-corrected chi connectivity index (χ1v) is 12.7. The van der Waals surface area contributed by atoms with E-state index in [0.29, 0.717) is 0 Å². The first-order chi connectivity index (χ1) is 18.2. The molecule has 0 N–H and O–H groups in total. The maximum absolute atomic E-state index is 6.45. The fourth-order valence-electron chi connectivity index (χ4n) is 6.11. The van der Waals surface area contributed by atoms with E-state index in [-0.39, 0.29) is 0 Å². The van der Waals surface area contributed by atoms with E-state index < -0.39 is 0 Å². The molecule has 8 rings (SSSR count). The number of hydrogen-bond acceptors (Lipinski definition) is 1. The van der Waals surface area contributed by atoms with Gasteiger partial charge in [-0.3, -0.25) is 0 Å². The molecule has 0 saturated carbocycles. The lowest BCUT2D eigenvalue weighted by Gasteiger charge is -2.10. The van der Waals surface area contributed by atoms with Crippen molar-refractivity contribution in [1.29, 1.82) is 0 Å². The Balaban J connectivity index is 1.51. The van der Waals surface area contributed by atoms with E-state index in [4.69, 9.17) is 4.42 Å². The number of aromatic nitrogens is 2. The summed E-state index contributed by atoms with van der Waals surface area (Å²) < 4.78 is 11.2. The summed E-state index contributed by atoms with van der Waals surface area (Å²) in [5, 5.41) is 6.07. The summed E-state index contributed by atoms with van der Waals surface area (Å²) in [4.78, 5) is 0. The van der Waals surface area contributed by atoms with Crippen LogP contribution in [0.2, 0.25) is 0 Å². The summed E-state index contributed by atoms with van der Waals surface area (Å²) in [6, 6.07) is 38.9. The van der Waals surface area contributed by atoms with E-state index in [2.05, 4.69) is 120 Å². The summed E-state index contributed by atoms with van der Waals surface area (Å²) in [6.45, 7) is 4.44. The van der Waals surface area contributed by atoms with Crippen LogP contribution in [0.25, 0.3) is 66.0 Å². The van der Waals surface area contributed by atoms with Gasteiger partial charge in [0.1, 0.15) is 5.58 Å². The third-order valence-electron chi connectivity index (χ3n) is 7.95. The minimum absolute atomic E-state index is 0.920. The first kappa shape index (κ1) is 20.4. The number of nitrogens with zero attached hydrogens (tertiary/aromatic N) is 2. The third-order valence-corrected chi connectivity index (χ3v) is 7.95. The van der Waals surface area contributed by atoms with Crippen LogP contribution in [-0.2, 0) is 0 Å². The Morgan fingerprint density at radius 1 is 0.514 bits per heavy atom. The molecule has 0 spiro atoms. The number of benzene rings is 5. The summed E-state index contributed by atoms with van der Waals surface area (Å²) in [7, 11) is 0. The zero-order valence-electron chi connectivity index (χ0n) is 20.7. The van der Waals surface area contributed by atoms with Gasteiger partial charge in [-0.05, 0) is 61.9 Å². The minimum Gasteiger partial charge on any atom is -0.454 e. The minimum atomic E-state index is 0.920. The summed E-state index contributed by atoms with van der Waals surface area (Å²) >= 11 is 0. The standard InChI is InChI=1S/C34H24N2O/c1-21-22(2)35(30-17-10-15-26-25-14-7-9-18-33(25)37-34(26)30)31-20-28-24-13-6-8-16-29(24)36(32(28)19-27(21)31)23-11-4-3-5-12-23/h3-20H,1-2H3. The van der Waals surface area contributed by atoms with E-state index in [1.54, 1.807) is 0 Å². The van der Waals surface area contributed by atoms with Gasteiger partial charge in [-0.2, -0.15) is 0 Å². The summed E-state index contributed by atoms with van der Waals surface area (Å²) in [6.07, 6.45) is 0. The largest absolute Gasteiger partial charge is 0.454 e. The van der Waals surface area contributed by atoms with Gasteiger partial charge in [-0.1, -0.05) is 66.7 Å². The number of aryl methyl sites for hydroxylation is 1. The molecule has 0 fully saturated rings. The van der Waals surface area contributed by atoms with Crippen molar-refractivity contribution < 1.29 is 4.42 Å². The number of para-hydroxylation sites is 4. The Morgan fingerprint density at radius 3 is 2.05 bits per heavy atom. The lowest BCUT2D eigenvalue weighted by molar-refractivity contribution is 0.665. The Hall–Kier alpha value is -4.76. The van der Waals surface area contributed by atoms with Gasteiger partial charge in [0.05, 0.1) is 22.2 Å². The second-order valence-electron chi connectivity index (χ2n) is 9.87. The zero-order valence-corrected chi connectivity index (χ0v) is 20.7. The maximum atomic E-state index is 6.45. The van der Waals surface area contributed by atoms with Gasteiger partial charge in [0.2, 0.25) is 0 Å². The van der Waals surface area contributed by atoms with Crippen molar-refractivity contribution in [3.63, 3.8) is 0 Å². The van der Waals surface area contributed by atoms with Crippen LogP contribution >= 0.6 is 0 Å². The molecule has 8 aromatic rings. The normalized spacial score (nSPS) is 12.1. The molecule has 5 aromatic carbocycles. The van der Waals surface area contributed by atoms with Crippen LogP contribution in [0.15, 0.2) is 114 Å². The van der Waals surface area contributed by atoms with Crippen molar-refractivity contribution in [2.75, 3.05) is 0 Å². The van der Waals surface area contributed by atoms with Crippen LogP contribution in [0.1, 0.15) is 11.3 Å². The molecule has 0 radical (unpaired) electrons. The first-order valence-electron chi connectivity index (χ1n) is 12.7. The SMILES string of the molecule is Cc1c(C)n(-c2cccc3c2oc2ccccc23)c2cc3c4ccccc4n(-c4ccccc4)c3cc12. The highest BCUT2D eigenvalue weighted by Gasteiger charge is 2.20. The lowest BCUT2D eigenvalue weighted by Crippen LogP contribution is -1.97. The Morgan fingerprint density at radius 2 is 1.19 bits per heavy atom. The second kappa shape index (κ2) is 7.37. The Bertz CT molecular complexity index is 2160. The summed E-state index contributed by atoms with van der Waals surface area (Å²) in [5.41, 5.74) is 10.3. The molecule has 0 bridgehead atoms. The van der Waals surface area contributed by atoms with Gasteiger partial charge >= 0.3 is 0 Å². The molecule has 0 unspecified atom stereocenters. The molecule has 0 aliphatic rings. The fraction of sp³-hybridized carbons (Fsp3) is 0.0588. The van der Waals surface area contributed by atoms with Crippen molar-refractivity contribution in [1.82, 2.24) is 9.13 Å². The Kier molecular flexibility index (Phi) is 4.07. The van der Waals surface area contributed by atoms with E-state index >= 15 is 0 Å². The molecule has 0 aliphatic carbocycles. The maximum Gasteiger partial charge on any atom is 0.159 e. The van der Waals surface area contributed by atoms with Crippen LogP contribution in [0.3, 0.4) is 0 Å². The van der Waals surface area contributed by atoms with Gasteiger partial charge in [0.25, 0.3) is 0 Å². The van der Waals surface area contributed by atoms with Crippen molar-refractivity contribution in [3.05, 3.63) is 120 Å². The predicted molar refractivity (Wildman–Crippen MR) is 154 cm³/mol. The highest BCUT2D eigenvalue weighted by molar-refractivity contribution is 6.14. The fourth-order valence-corrected chi connectivity index (χ4v) is 6.11. The monoisotopic (exact) mass is 476 g/mol. The van der Waals surface area contributed by atoms with Crippen LogP contribution in [-0.4, -0.2) is 9.13 Å². The number of hydrogen-bond donors (Lipinski definition) is 0.